The summed E-state index contributed by atoms with van der Waals surface area (Å²) in [7, 11) is 0. The van der Waals surface area contributed by atoms with Gasteiger partial charge in [-0.2, -0.15) is 0 Å². The van der Waals surface area contributed by atoms with Crippen LogP contribution in [0.5, 0.6) is 0 Å². The van der Waals surface area contributed by atoms with Crippen molar-refractivity contribution in [3.8, 4) is 0 Å². The van der Waals surface area contributed by atoms with E-state index in [0.29, 0.717) is 23.0 Å². The van der Waals surface area contributed by atoms with E-state index in [2.05, 4.69) is 9.97 Å². The number of nitrogens with zero attached hydrogens (tertiary/aromatic N) is 3. The van der Waals surface area contributed by atoms with Gasteiger partial charge in [-0.25, -0.2) is 9.97 Å². The fourth-order valence-electron chi connectivity index (χ4n) is 3.04. The van der Waals surface area contributed by atoms with Crippen LogP contribution in [0.15, 0.2) is 30.6 Å². The average Bonchev–Trinajstić information content (AvgIpc) is 3.34. The number of rotatable bonds is 3. The highest BCUT2D eigenvalue weighted by Crippen LogP contribution is 2.55. The molecular formula is C16H12ClN3O2. The number of hydrogen-bond acceptors (Lipinski definition) is 4. The molecule has 0 radical (unpaired) electrons. The highest BCUT2D eigenvalue weighted by atomic mass is 35.5. The minimum Gasteiger partial charge on any atom is -0.304 e. The van der Waals surface area contributed by atoms with Gasteiger partial charge in [0.2, 0.25) is 5.91 Å². The van der Waals surface area contributed by atoms with Gasteiger partial charge >= 0.3 is 0 Å². The van der Waals surface area contributed by atoms with Crippen LogP contribution >= 0.6 is 11.6 Å². The molecule has 1 aromatic heterocycles. The van der Waals surface area contributed by atoms with E-state index in [1.807, 2.05) is 12.1 Å². The van der Waals surface area contributed by atoms with Crippen molar-refractivity contribution in [2.45, 2.75) is 18.9 Å². The Morgan fingerprint density at radius 2 is 2.05 bits per heavy atom. The maximum atomic E-state index is 12.5. The zero-order valence-electron chi connectivity index (χ0n) is 11.6. The Labute approximate surface area is 131 Å². The van der Waals surface area contributed by atoms with Crippen molar-refractivity contribution in [2.24, 2.45) is 5.92 Å². The van der Waals surface area contributed by atoms with Crippen molar-refractivity contribution < 1.29 is 9.59 Å². The number of carbonyl (C=O) groups excluding carboxylic acids is 2. The van der Waals surface area contributed by atoms with Gasteiger partial charge in [0, 0.05) is 29.6 Å². The van der Waals surface area contributed by atoms with E-state index in [0.717, 1.165) is 24.0 Å². The van der Waals surface area contributed by atoms with Crippen LogP contribution in [0.4, 0.5) is 5.69 Å². The minimum absolute atomic E-state index is 0.0294. The molecule has 1 fully saturated rings. The van der Waals surface area contributed by atoms with Gasteiger partial charge < -0.3 is 4.90 Å². The fourth-order valence-corrected chi connectivity index (χ4v) is 3.14. The third-order valence-corrected chi connectivity index (χ3v) is 4.42. The first-order valence-electron chi connectivity index (χ1n) is 7.04. The molecule has 2 unspecified atom stereocenters. The molecule has 1 aliphatic heterocycles. The second-order valence-electron chi connectivity index (χ2n) is 5.63. The van der Waals surface area contributed by atoms with E-state index < -0.39 is 0 Å². The summed E-state index contributed by atoms with van der Waals surface area (Å²) < 4.78 is 0. The van der Waals surface area contributed by atoms with Crippen LogP contribution in [0.3, 0.4) is 0 Å². The predicted octanol–water partition coefficient (Wildman–Crippen LogP) is 2.59. The number of amides is 1. The van der Waals surface area contributed by atoms with Crippen LogP contribution < -0.4 is 4.90 Å². The Kier molecular flexibility index (Phi) is 2.97. The Morgan fingerprint density at radius 1 is 1.27 bits per heavy atom. The second-order valence-corrected chi connectivity index (χ2v) is 6.06. The minimum atomic E-state index is 0.0294. The summed E-state index contributed by atoms with van der Waals surface area (Å²) in [6.45, 7) is 0.312. The highest BCUT2D eigenvalue weighted by Gasteiger charge is 2.51. The zero-order chi connectivity index (χ0) is 15.3. The Bertz CT molecular complexity index is 775. The lowest BCUT2D eigenvalue weighted by Gasteiger charge is -2.28. The summed E-state index contributed by atoms with van der Waals surface area (Å²) >= 11 is 5.79. The average molecular weight is 314 g/mol. The maximum absolute atomic E-state index is 12.5. The summed E-state index contributed by atoms with van der Waals surface area (Å²) in [5.41, 5.74) is 2.57. The van der Waals surface area contributed by atoms with Crippen LogP contribution in [-0.2, 0) is 11.3 Å². The maximum Gasteiger partial charge on any atom is 0.231 e. The number of benzene rings is 1. The van der Waals surface area contributed by atoms with Gasteiger partial charge in [-0.05, 0) is 36.1 Å². The first-order chi connectivity index (χ1) is 10.7. The number of fused-ring (bicyclic) bond motifs is 3. The van der Waals surface area contributed by atoms with Crippen molar-refractivity contribution in [1.29, 1.82) is 0 Å². The summed E-state index contributed by atoms with van der Waals surface area (Å²) in [4.78, 5) is 33.5. The SMILES string of the molecule is O=Cc1ccc2c(c1)C1CC1C(=O)N2Cc1ncc(Cl)cn1. The Hall–Kier alpha value is -2.27. The van der Waals surface area contributed by atoms with Gasteiger partial charge in [0.15, 0.2) is 0 Å². The molecule has 2 atom stereocenters. The van der Waals surface area contributed by atoms with E-state index in [1.165, 1.54) is 12.4 Å². The molecule has 4 rings (SSSR count). The second kappa shape index (κ2) is 4.88. The molecule has 0 N–H and O–H groups in total. The Morgan fingerprint density at radius 3 is 2.77 bits per heavy atom. The topological polar surface area (TPSA) is 63.2 Å². The van der Waals surface area contributed by atoms with Crippen LogP contribution in [0.1, 0.15) is 34.1 Å². The molecule has 1 aromatic carbocycles. The van der Waals surface area contributed by atoms with E-state index in [9.17, 15) is 9.59 Å². The largest absolute Gasteiger partial charge is 0.304 e. The first-order valence-corrected chi connectivity index (χ1v) is 7.42. The lowest BCUT2D eigenvalue weighted by molar-refractivity contribution is -0.120. The normalized spacial score (nSPS) is 22.0. The lowest BCUT2D eigenvalue weighted by atomic mass is 9.98. The number of anilines is 1. The third kappa shape index (κ3) is 2.09. The number of halogens is 1. The molecule has 2 aliphatic rings. The molecule has 110 valence electrons. The van der Waals surface area contributed by atoms with Gasteiger partial charge in [0.1, 0.15) is 12.1 Å². The standard InChI is InChI=1S/C16H12ClN3O2/c17-10-5-18-15(19-6-10)7-20-14-2-1-9(8-21)3-12(14)11-4-13(11)16(20)22/h1-3,5-6,8,11,13H,4,7H2. The molecule has 6 heteroatoms. The first kappa shape index (κ1) is 13.4. The number of carbonyl (C=O) groups is 2. The van der Waals surface area contributed by atoms with E-state index >= 15 is 0 Å². The van der Waals surface area contributed by atoms with Gasteiger partial charge in [-0.15, -0.1) is 0 Å². The zero-order valence-corrected chi connectivity index (χ0v) is 12.3. The molecule has 1 saturated carbocycles. The quantitative estimate of drug-likeness (QED) is 0.817. The van der Waals surface area contributed by atoms with Crippen molar-refractivity contribution >= 4 is 29.5 Å². The molecule has 5 nitrogen and oxygen atoms in total. The highest BCUT2D eigenvalue weighted by molar-refractivity contribution is 6.30. The summed E-state index contributed by atoms with van der Waals surface area (Å²) in [6.07, 6.45) is 4.73. The molecule has 0 spiro atoms. The predicted molar refractivity (Wildman–Crippen MR) is 80.9 cm³/mol. The van der Waals surface area contributed by atoms with Crippen LogP contribution in [0.2, 0.25) is 5.02 Å². The molecule has 0 saturated heterocycles. The molecule has 1 aliphatic carbocycles. The summed E-state index contributed by atoms with van der Waals surface area (Å²) in [6, 6.07) is 5.45. The lowest BCUT2D eigenvalue weighted by Crippen LogP contribution is -2.35. The number of aromatic nitrogens is 2. The van der Waals surface area contributed by atoms with Crippen molar-refractivity contribution in [2.75, 3.05) is 4.90 Å². The molecule has 2 heterocycles. The molecular weight excluding hydrogens is 302 g/mol. The van der Waals surface area contributed by atoms with Crippen molar-refractivity contribution in [1.82, 2.24) is 9.97 Å². The van der Waals surface area contributed by atoms with Gasteiger partial charge in [0.25, 0.3) is 0 Å². The van der Waals surface area contributed by atoms with Crippen LogP contribution in [0, 0.1) is 5.92 Å². The Balaban J connectivity index is 1.72. The third-order valence-electron chi connectivity index (χ3n) is 4.22. The van der Waals surface area contributed by atoms with Crippen LogP contribution in [0.25, 0.3) is 0 Å². The molecule has 22 heavy (non-hydrogen) atoms. The summed E-state index contributed by atoms with van der Waals surface area (Å²) in [5.74, 6) is 0.934. The molecule has 0 bridgehead atoms. The molecule has 1 amide bonds. The fraction of sp³-hybridized carbons (Fsp3) is 0.250. The van der Waals surface area contributed by atoms with Crippen molar-refractivity contribution in [3.05, 3.63) is 52.6 Å². The van der Waals surface area contributed by atoms with Gasteiger partial charge in [-0.1, -0.05) is 11.6 Å². The number of aldehydes is 1. The van der Waals surface area contributed by atoms with E-state index in [-0.39, 0.29) is 17.7 Å². The van der Waals surface area contributed by atoms with Crippen molar-refractivity contribution in [3.63, 3.8) is 0 Å². The van der Waals surface area contributed by atoms with Gasteiger partial charge in [-0.3, -0.25) is 9.59 Å². The van der Waals surface area contributed by atoms with Crippen LogP contribution in [-0.4, -0.2) is 22.2 Å². The monoisotopic (exact) mass is 313 g/mol. The van der Waals surface area contributed by atoms with E-state index in [1.54, 1.807) is 11.0 Å². The smallest absolute Gasteiger partial charge is 0.231 e. The van der Waals surface area contributed by atoms with E-state index in [4.69, 9.17) is 11.6 Å². The number of hydrogen-bond donors (Lipinski definition) is 0. The molecule has 2 aromatic rings. The van der Waals surface area contributed by atoms with Gasteiger partial charge in [0.05, 0.1) is 11.6 Å². The summed E-state index contributed by atoms with van der Waals surface area (Å²) in [5, 5.41) is 0.465.